The molecule has 2 rings (SSSR count). The Morgan fingerprint density at radius 1 is 1.44 bits per heavy atom. The minimum absolute atomic E-state index is 0.0135. The third kappa shape index (κ3) is 3.86. The maximum Gasteiger partial charge on any atom is 0.435 e. The Morgan fingerprint density at radius 2 is 2.08 bits per heavy atom. The summed E-state index contributed by atoms with van der Waals surface area (Å²) in [7, 11) is -3.02. The monoisotopic (exact) mass is 403 g/mol. The summed E-state index contributed by atoms with van der Waals surface area (Å²) in [6.07, 6.45) is -4.94. The first-order valence-electron chi connectivity index (χ1n) is 7.22. The molecule has 0 saturated heterocycles. The van der Waals surface area contributed by atoms with Crippen molar-refractivity contribution < 1.29 is 31.2 Å². The van der Waals surface area contributed by atoms with Gasteiger partial charge in [0.2, 0.25) is 5.88 Å². The van der Waals surface area contributed by atoms with E-state index in [4.69, 9.17) is 21.2 Å². The van der Waals surface area contributed by atoms with E-state index in [1.165, 1.54) is 0 Å². The number of methoxy groups -OCH3 is 1. The molecule has 0 N–H and O–H groups in total. The number of sulfone groups is 1. The average molecular weight is 404 g/mol. The summed E-state index contributed by atoms with van der Waals surface area (Å²) in [5.74, 6) is -1.22. The second kappa shape index (κ2) is 6.67. The van der Waals surface area contributed by atoms with Crippen molar-refractivity contribution in [2.45, 2.75) is 44.3 Å². The average Bonchev–Trinajstić information content (AvgIpc) is 3.08. The molecule has 1 atom stereocenters. The number of aromatic nitrogens is 2. The first-order valence-corrected chi connectivity index (χ1v) is 9.40. The zero-order valence-electron chi connectivity index (χ0n) is 13.7. The third-order valence-corrected chi connectivity index (χ3v) is 5.80. The quantitative estimate of drug-likeness (QED) is 0.706. The number of rotatable bonds is 5. The Kier molecular flexibility index (Phi) is 5.29. The summed E-state index contributed by atoms with van der Waals surface area (Å²) in [5.41, 5.74) is -2.86. The molecule has 1 unspecified atom stereocenters. The summed E-state index contributed by atoms with van der Waals surface area (Å²) in [6, 6.07) is 0. The molecule has 0 saturated carbocycles. The van der Waals surface area contributed by atoms with Crippen molar-refractivity contribution in [3.8, 4) is 5.88 Å². The molecule has 1 aliphatic rings. The molecule has 1 aliphatic heterocycles. The number of hydrogen-bond acceptors (Lipinski definition) is 6. The van der Waals surface area contributed by atoms with Gasteiger partial charge in [-0.25, -0.2) is 13.1 Å². The van der Waals surface area contributed by atoms with Crippen LogP contribution in [-0.4, -0.2) is 41.8 Å². The molecule has 25 heavy (non-hydrogen) atoms. The molecule has 7 nitrogen and oxygen atoms in total. The van der Waals surface area contributed by atoms with Gasteiger partial charge in [-0.05, 0) is 13.8 Å². The van der Waals surface area contributed by atoms with Crippen molar-refractivity contribution in [2.75, 3.05) is 13.0 Å². The molecule has 142 valence electrons. The van der Waals surface area contributed by atoms with Crippen LogP contribution in [0.4, 0.5) is 13.2 Å². The van der Waals surface area contributed by atoms with Crippen molar-refractivity contribution >= 4 is 26.5 Å². The van der Waals surface area contributed by atoms with Crippen LogP contribution in [0.2, 0.25) is 0 Å². The Hall–Kier alpha value is -1.49. The molecular formula is C13H17ClF3N3O4S. The highest BCUT2D eigenvalue weighted by molar-refractivity contribution is 8.05. The fourth-order valence-corrected chi connectivity index (χ4v) is 3.97. The van der Waals surface area contributed by atoms with E-state index in [9.17, 15) is 21.6 Å². The van der Waals surface area contributed by atoms with Crippen molar-refractivity contribution in [1.29, 1.82) is 0 Å². The number of aryl methyl sites for hydroxylation is 1. The van der Waals surface area contributed by atoms with Crippen LogP contribution in [0.3, 0.4) is 0 Å². The van der Waals surface area contributed by atoms with Crippen LogP contribution < -0.4 is 4.74 Å². The van der Waals surface area contributed by atoms with E-state index in [2.05, 4.69) is 10.3 Å². The smallest absolute Gasteiger partial charge is 0.435 e. The van der Waals surface area contributed by atoms with Crippen LogP contribution in [0.15, 0.2) is 5.16 Å². The van der Waals surface area contributed by atoms with Crippen molar-refractivity contribution in [1.82, 2.24) is 9.78 Å². The van der Waals surface area contributed by atoms with E-state index in [1.807, 2.05) is 0 Å². The van der Waals surface area contributed by atoms with Crippen LogP contribution in [0.5, 0.6) is 5.88 Å². The molecule has 0 fully saturated rings. The predicted octanol–water partition coefficient (Wildman–Crippen LogP) is 2.58. The molecule has 0 spiro atoms. The number of ether oxygens (including phenoxy) is 1. The summed E-state index contributed by atoms with van der Waals surface area (Å²) in [5, 5.41) is 6.58. The Balaban J connectivity index is 2.44. The Morgan fingerprint density at radius 3 is 2.52 bits per heavy atom. The van der Waals surface area contributed by atoms with Gasteiger partial charge in [0.25, 0.3) is 0 Å². The van der Waals surface area contributed by atoms with Crippen molar-refractivity contribution in [3.05, 3.63) is 11.3 Å². The lowest BCUT2D eigenvalue weighted by molar-refractivity contribution is -0.142. The van der Waals surface area contributed by atoms with E-state index in [0.717, 1.165) is 11.8 Å². The van der Waals surface area contributed by atoms with Gasteiger partial charge in [-0.15, -0.1) is 11.6 Å². The minimum Gasteiger partial charge on any atom is -0.481 e. The summed E-state index contributed by atoms with van der Waals surface area (Å²) >= 11 is 5.70. The van der Waals surface area contributed by atoms with Crippen LogP contribution >= 0.6 is 11.6 Å². The number of hydrogen-bond donors (Lipinski definition) is 0. The highest BCUT2D eigenvalue weighted by Crippen LogP contribution is 2.37. The molecule has 0 bridgehead atoms. The molecule has 1 aromatic rings. The number of alkyl halides is 4. The van der Waals surface area contributed by atoms with E-state index in [1.54, 1.807) is 13.8 Å². The van der Waals surface area contributed by atoms with Gasteiger partial charge in [-0.2, -0.15) is 18.3 Å². The van der Waals surface area contributed by atoms with Gasteiger partial charge in [-0.3, -0.25) is 0 Å². The lowest BCUT2D eigenvalue weighted by atomic mass is 10.1. The maximum absolute atomic E-state index is 13.2. The zero-order chi connectivity index (χ0) is 19.0. The van der Waals surface area contributed by atoms with E-state index < -0.39 is 38.6 Å². The molecule has 12 heteroatoms. The fourth-order valence-electron chi connectivity index (χ4n) is 2.34. The molecule has 0 aliphatic carbocycles. The highest BCUT2D eigenvalue weighted by Gasteiger charge is 2.44. The molecule has 2 heterocycles. The molecule has 0 aromatic carbocycles. The first kappa shape index (κ1) is 19.8. The summed E-state index contributed by atoms with van der Waals surface area (Å²) in [4.78, 5) is 5.01. The SMILES string of the molecule is CCn1nc(C(F)(F)F)c(CS(=O)(=O)C2=NOC(C)(CCl)C2)c1OC. The van der Waals surface area contributed by atoms with Crippen LogP contribution in [-0.2, 0) is 33.1 Å². The summed E-state index contributed by atoms with van der Waals surface area (Å²) in [6.45, 7) is 3.21. The number of halogens is 4. The Labute approximate surface area is 147 Å². The van der Waals surface area contributed by atoms with E-state index in [-0.39, 0.29) is 29.8 Å². The molecule has 0 amide bonds. The lowest BCUT2D eigenvalue weighted by Crippen LogP contribution is -2.29. The second-order valence-corrected chi connectivity index (χ2v) is 8.00. The Bertz CT molecular complexity index is 791. The van der Waals surface area contributed by atoms with Gasteiger partial charge in [0.05, 0.1) is 24.3 Å². The van der Waals surface area contributed by atoms with Crippen LogP contribution in [0.1, 0.15) is 31.5 Å². The number of oxime groups is 1. The van der Waals surface area contributed by atoms with Crippen molar-refractivity contribution in [3.63, 3.8) is 0 Å². The summed E-state index contributed by atoms with van der Waals surface area (Å²) < 4.78 is 70.7. The van der Waals surface area contributed by atoms with Gasteiger partial charge in [0.1, 0.15) is 0 Å². The maximum atomic E-state index is 13.2. The topological polar surface area (TPSA) is 82.8 Å². The third-order valence-electron chi connectivity index (χ3n) is 3.63. The second-order valence-electron chi connectivity index (χ2n) is 5.75. The van der Waals surface area contributed by atoms with E-state index in [0.29, 0.717) is 0 Å². The van der Waals surface area contributed by atoms with Gasteiger partial charge < -0.3 is 9.57 Å². The van der Waals surface area contributed by atoms with Gasteiger partial charge in [-0.1, -0.05) is 5.16 Å². The van der Waals surface area contributed by atoms with Crippen molar-refractivity contribution in [2.24, 2.45) is 5.16 Å². The van der Waals surface area contributed by atoms with Crippen LogP contribution in [0, 0.1) is 0 Å². The van der Waals surface area contributed by atoms with Crippen LogP contribution in [0.25, 0.3) is 0 Å². The van der Waals surface area contributed by atoms with Gasteiger partial charge in [0, 0.05) is 13.0 Å². The predicted molar refractivity (Wildman–Crippen MR) is 84.3 cm³/mol. The normalized spacial score (nSPS) is 21.2. The van der Waals surface area contributed by atoms with Gasteiger partial charge in [0.15, 0.2) is 26.2 Å². The molecule has 0 radical (unpaired) electrons. The van der Waals surface area contributed by atoms with E-state index >= 15 is 0 Å². The minimum atomic E-state index is -4.82. The highest BCUT2D eigenvalue weighted by atomic mass is 35.5. The largest absolute Gasteiger partial charge is 0.481 e. The lowest BCUT2D eigenvalue weighted by Gasteiger charge is -2.16. The first-order chi connectivity index (χ1) is 11.5. The zero-order valence-corrected chi connectivity index (χ0v) is 15.3. The fraction of sp³-hybridized carbons (Fsp3) is 0.692. The molecular weight excluding hydrogens is 387 g/mol. The molecule has 1 aromatic heterocycles. The standard InChI is InChI=1S/C13H17ClF3N3O4S/c1-4-20-11(23-3)8(10(18-20)13(15,16)17)6-25(21,22)9-5-12(2,7-14)24-19-9/h4-7H2,1-3H3. The number of nitrogens with zero attached hydrogens (tertiary/aromatic N) is 3. The van der Waals surface area contributed by atoms with Gasteiger partial charge >= 0.3 is 6.18 Å².